The number of hydrogen-bond acceptors (Lipinski definition) is 2. The van der Waals surface area contributed by atoms with Crippen LogP contribution in [0.3, 0.4) is 0 Å². The molecule has 2 rings (SSSR count). The summed E-state index contributed by atoms with van der Waals surface area (Å²) in [7, 11) is 0. The highest BCUT2D eigenvalue weighted by Crippen LogP contribution is 2.26. The predicted octanol–water partition coefficient (Wildman–Crippen LogP) is 2.63. The molecule has 0 radical (unpaired) electrons. The SMILES string of the molecule is CC(C)C1CCCc2nccnc2C1. The van der Waals surface area contributed by atoms with E-state index in [1.807, 2.05) is 12.4 Å². The van der Waals surface area contributed by atoms with Crippen LogP contribution in [0.4, 0.5) is 0 Å². The van der Waals surface area contributed by atoms with Gasteiger partial charge in [-0.2, -0.15) is 0 Å². The first kappa shape index (κ1) is 9.63. The van der Waals surface area contributed by atoms with E-state index in [1.54, 1.807) is 0 Å². The van der Waals surface area contributed by atoms with Crippen molar-refractivity contribution in [2.24, 2.45) is 11.8 Å². The van der Waals surface area contributed by atoms with Gasteiger partial charge in [0.15, 0.2) is 0 Å². The normalized spacial score (nSPS) is 21.8. The van der Waals surface area contributed by atoms with Gasteiger partial charge in [-0.25, -0.2) is 0 Å². The van der Waals surface area contributed by atoms with Crippen LogP contribution in [-0.4, -0.2) is 9.97 Å². The average molecular weight is 190 g/mol. The van der Waals surface area contributed by atoms with Crippen molar-refractivity contribution in [2.45, 2.75) is 39.5 Å². The monoisotopic (exact) mass is 190 g/mol. The molecule has 2 heteroatoms. The highest BCUT2D eigenvalue weighted by Gasteiger charge is 2.20. The third-order valence-corrected chi connectivity index (χ3v) is 3.25. The molecule has 0 fully saturated rings. The Morgan fingerprint density at radius 1 is 1.21 bits per heavy atom. The lowest BCUT2D eigenvalue weighted by atomic mass is 9.89. The molecule has 1 atom stereocenters. The van der Waals surface area contributed by atoms with E-state index in [2.05, 4.69) is 23.8 Å². The van der Waals surface area contributed by atoms with Crippen molar-refractivity contribution < 1.29 is 0 Å². The van der Waals surface area contributed by atoms with Crippen LogP contribution in [0, 0.1) is 11.8 Å². The Morgan fingerprint density at radius 3 is 2.64 bits per heavy atom. The van der Waals surface area contributed by atoms with Gasteiger partial charge in [-0.05, 0) is 37.5 Å². The summed E-state index contributed by atoms with van der Waals surface area (Å²) in [6.45, 7) is 4.62. The molecule has 1 aliphatic rings. The van der Waals surface area contributed by atoms with Crippen LogP contribution in [0.25, 0.3) is 0 Å². The fraction of sp³-hybridized carbons (Fsp3) is 0.667. The number of rotatable bonds is 1. The van der Waals surface area contributed by atoms with Crippen LogP contribution < -0.4 is 0 Å². The number of nitrogens with zero attached hydrogens (tertiary/aromatic N) is 2. The number of hydrogen-bond donors (Lipinski definition) is 0. The molecule has 0 bridgehead atoms. The molecule has 0 N–H and O–H groups in total. The molecular formula is C12H18N2. The predicted molar refractivity (Wildman–Crippen MR) is 57.0 cm³/mol. The molecule has 14 heavy (non-hydrogen) atoms. The van der Waals surface area contributed by atoms with Gasteiger partial charge in [0.2, 0.25) is 0 Å². The quantitative estimate of drug-likeness (QED) is 0.636. The molecule has 0 aliphatic heterocycles. The fourth-order valence-electron chi connectivity index (χ4n) is 2.23. The summed E-state index contributed by atoms with van der Waals surface area (Å²) in [5.74, 6) is 1.57. The summed E-state index contributed by atoms with van der Waals surface area (Å²) >= 11 is 0. The van der Waals surface area contributed by atoms with E-state index >= 15 is 0 Å². The van der Waals surface area contributed by atoms with Crippen LogP contribution in [0.5, 0.6) is 0 Å². The molecule has 1 aromatic heterocycles. The Balaban J connectivity index is 2.22. The molecule has 76 valence electrons. The topological polar surface area (TPSA) is 25.8 Å². The van der Waals surface area contributed by atoms with Crippen LogP contribution in [0.1, 0.15) is 38.1 Å². The second-order valence-electron chi connectivity index (χ2n) is 4.55. The Kier molecular flexibility index (Phi) is 2.80. The zero-order valence-corrected chi connectivity index (χ0v) is 9.03. The van der Waals surface area contributed by atoms with Crippen LogP contribution >= 0.6 is 0 Å². The van der Waals surface area contributed by atoms with Gasteiger partial charge in [0.1, 0.15) is 0 Å². The second kappa shape index (κ2) is 4.07. The van der Waals surface area contributed by atoms with Crippen molar-refractivity contribution in [1.82, 2.24) is 9.97 Å². The lowest BCUT2D eigenvalue weighted by molar-refractivity contribution is 0.355. The van der Waals surface area contributed by atoms with E-state index in [9.17, 15) is 0 Å². The number of aryl methyl sites for hydroxylation is 1. The van der Waals surface area contributed by atoms with Gasteiger partial charge in [-0.3, -0.25) is 9.97 Å². The summed E-state index contributed by atoms with van der Waals surface area (Å²) in [6, 6.07) is 0. The number of fused-ring (bicyclic) bond motifs is 1. The molecule has 1 heterocycles. The summed E-state index contributed by atoms with van der Waals surface area (Å²) < 4.78 is 0. The number of aromatic nitrogens is 2. The molecule has 0 aromatic carbocycles. The molecule has 1 aromatic rings. The summed E-state index contributed by atoms with van der Waals surface area (Å²) in [4.78, 5) is 8.86. The minimum atomic E-state index is 0.767. The summed E-state index contributed by atoms with van der Waals surface area (Å²) in [5, 5.41) is 0. The molecular weight excluding hydrogens is 172 g/mol. The lowest BCUT2D eigenvalue weighted by Crippen LogP contribution is -2.11. The van der Waals surface area contributed by atoms with E-state index in [0.29, 0.717) is 0 Å². The summed E-state index contributed by atoms with van der Waals surface area (Å²) in [5.41, 5.74) is 2.47. The molecule has 1 unspecified atom stereocenters. The van der Waals surface area contributed by atoms with Crippen LogP contribution in [0.15, 0.2) is 12.4 Å². The standard InChI is InChI=1S/C12H18N2/c1-9(2)10-4-3-5-11-12(8-10)14-7-6-13-11/h6-7,9-10H,3-5,8H2,1-2H3. The van der Waals surface area contributed by atoms with Gasteiger partial charge < -0.3 is 0 Å². The van der Waals surface area contributed by atoms with Crippen LogP contribution in [0.2, 0.25) is 0 Å². The van der Waals surface area contributed by atoms with E-state index in [4.69, 9.17) is 0 Å². The highest BCUT2D eigenvalue weighted by molar-refractivity contribution is 5.13. The van der Waals surface area contributed by atoms with Crippen molar-refractivity contribution in [1.29, 1.82) is 0 Å². The third kappa shape index (κ3) is 1.94. The first-order valence-electron chi connectivity index (χ1n) is 5.56. The minimum absolute atomic E-state index is 0.767. The lowest BCUT2D eigenvalue weighted by Gasteiger charge is -2.17. The molecule has 0 spiro atoms. The summed E-state index contributed by atoms with van der Waals surface area (Å²) in [6.07, 6.45) is 8.48. The first-order valence-corrected chi connectivity index (χ1v) is 5.56. The zero-order chi connectivity index (χ0) is 9.97. The van der Waals surface area contributed by atoms with Crippen molar-refractivity contribution in [3.8, 4) is 0 Å². The molecule has 2 nitrogen and oxygen atoms in total. The van der Waals surface area contributed by atoms with Crippen molar-refractivity contribution >= 4 is 0 Å². The Morgan fingerprint density at radius 2 is 1.93 bits per heavy atom. The van der Waals surface area contributed by atoms with Gasteiger partial charge in [0, 0.05) is 12.4 Å². The largest absolute Gasteiger partial charge is 0.258 e. The molecule has 0 amide bonds. The fourth-order valence-corrected chi connectivity index (χ4v) is 2.23. The van der Waals surface area contributed by atoms with Crippen molar-refractivity contribution in [3.05, 3.63) is 23.8 Å². The average Bonchev–Trinajstić information content (AvgIpc) is 2.39. The highest BCUT2D eigenvalue weighted by atomic mass is 14.8. The van der Waals surface area contributed by atoms with Crippen molar-refractivity contribution in [2.75, 3.05) is 0 Å². The second-order valence-corrected chi connectivity index (χ2v) is 4.55. The molecule has 1 aliphatic carbocycles. The Labute approximate surface area is 85.8 Å². The van der Waals surface area contributed by atoms with Crippen LogP contribution in [-0.2, 0) is 12.8 Å². The maximum atomic E-state index is 4.45. The van der Waals surface area contributed by atoms with Gasteiger partial charge in [0.05, 0.1) is 11.4 Å². The minimum Gasteiger partial charge on any atom is -0.258 e. The van der Waals surface area contributed by atoms with E-state index in [1.165, 1.54) is 24.2 Å². The van der Waals surface area contributed by atoms with Gasteiger partial charge in [0.25, 0.3) is 0 Å². The zero-order valence-electron chi connectivity index (χ0n) is 9.03. The van der Waals surface area contributed by atoms with E-state index in [-0.39, 0.29) is 0 Å². The van der Waals surface area contributed by atoms with Gasteiger partial charge >= 0.3 is 0 Å². The maximum absolute atomic E-state index is 4.45. The Hall–Kier alpha value is -0.920. The van der Waals surface area contributed by atoms with E-state index in [0.717, 1.165) is 24.7 Å². The van der Waals surface area contributed by atoms with Crippen molar-refractivity contribution in [3.63, 3.8) is 0 Å². The molecule has 0 saturated heterocycles. The Bertz CT molecular complexity index is 307. The maximum Gasteiger partial charge on any atom is 0.0621 e. The van der Waals surface area contributed by atoms with Gasteiger partial charge in [-0.15, -0.1) is 0 Å². The third-order valence-electron chi connectivity index (χ3n) is 3.25. The molecule has 0 saturated carbocycles. The van der Waals surface area contributed by atoms with E-state index < -0.39 is 0 Å². The van der Waals surface area contributed by atoms with Gasteiger partial charge in [-0.1, -0.05) is 13.8 Å². The smallest absolute Gasteiger partial charge is 0.0621 e. The first-order chi connectivity index (χ1) is 6.77.